The van der Waals surface area contributed by atoms with Gasteiger partial charge in [0.2, 0.25) is 11.8 Å². The largest absolute Gasteiger partial charge is 0.480 e. The molecule has 32 heavy (non-hydrogen) atoms. The van der Waals surface area contributed by atoms with Gasteiger partial charge in [-0.1, -0.05) is 12.1 Å². The minimum Gasteiger partial charge on any atom is -0.480 e. The molecule has 1 heterocycles. The maximum Gasteiger partial charge on any atom is 0.326 e. The van der Waals surface area contributed by atoms with Crippen LogP contribution in [-0.4, -0.2) is 39.5 Å². The number of nitrogens with zero attached hydrogens (tertiary/aromatic N) is 2. The van der Waals surface area contributed by atoms with Gasteiger partial charge in [0.1, 0.15) is 18.0 Å². The van der Waals surface area contributed by atoms with E-state index in [1.165, 1.54) is 12.1 Å². The molecule has 1 amide bonds. The molecular weight excluding hydrogens is 416 g/mol. The zero-order valence-corrected chi connectivity index (χ0v) is 17.5. The topological polar surface area (TPSA) is 158 Å². The number of amides is 1. The SMILES string of the molecule is NCC1CCC(C(=O)N[C@@H](Cc2cccc(Oc3ccc([N+](=O)[O-])cn3)c2)C(=O)O)CC1. The summed E-state index contributed by atoms with van der Waals surface area (Å²) in [6.07, 6.45) is 4.36. The summed E-state index contributed by atoms with van der Waals surface area (Å²) in [7, 11) is 0. The Labute approximate surface area is 184 Å². The number of aromatic nitrogens is 1. The lowest BCUT2D eigenvalue weighted by atomic mass is 9.81. The van der Waals surface area contributed by atoms with E-state index in [9.17, 15) is 24.8 Å². The standard InChI is InChI=1S/C22H26N4O6/c23-12-14-4-6-16(7-5-14)21(27)25-19(22(28)29)11-15-2-1-3-18(10-15)32-20-9-8-17(13-24-20)26(30)31/h1-3,8-10,13-14,16,19H,4-7,11-12,23H2,(H,25,27)(H,28,29)/t14?,16?,19-/m0/s1. The molecule has 3 rings (SSSR count). The monoisotopic (exact) mass is 442 g/mol. The van der Waals surface area contributed by atoms with Crippen molar-refractivity contribution in [2.24, 2.45) is 17.6 Å². The highest BCUT2D eigenvalue weighted by Gasteiger charge is 2.29. The summed E-state index contributed by atoms with van der Waals surface area (Å²) in [5, 5.41) is 23.0. The summed E-state index contributed by atoms with van der Waals surface area (Å²) < 4.78 is 5.61. The Bertz CT molecular complexity index is 957. The van der Waals surface area contributed by atoms with Gasteiger partial charge in [-0.2, -0.15) is 0 Å². The lowest BCUT2D eigenvalue weighted by Crippen LogP contribution is -2.45. The average molecular weight is 442 g/mol. The first-order valence-electron chi connectivity index (χ1n) is 10.5. The molecule has 1 fully saturated rings. The van der Waals surface area contributed by atoms with E-state index >= 15 is 0 Å². The van der Waals surface area contributed by atoms with Crippen molar-refractivity contribution in [3.05, 3.63) is 58.3 Å². The van der Waals surface area contributed by atoms with E-state index in [-0.39, 0.29) is 29.8 Å². The van der Waals surface area contributed by atoms with E-state index in [0.29, 0.717) is 36.6 Å². The minimum absolute atomic E-state index is 0.0874. The van der Waals surface area contributed by atoms with Crippen LogP contribution in [0, 0.1) is 22.0 Å². The number of carbonyl (C=O) groups excluding carboxylic acids is 1. The normalized spacial score (nSPS) is 19.0. The number of nitro groups is 1. The van der Waals surface area contributed by atoms with Gasteiger partial charge in [0.05, 0.1) is 4.92 Å². The fourth-order valence-corrected chi connectivity index (χ4v) is 3.78. The van der Waals surface area contributed by atoms with Gasteiger partial charge in [-0.25, -0.2) is 9.78 Å². The van der Waals surface area contributed by atoms with Gasteiger partial charge in [-0.05, 0) is 55.8 Å². The molecule has 1 aromatic carbocycles. The Morgan fingerprint density at radius 1 is 1.25 bits per heavy atom. The number of nitrogens with one attached hydrogen (secondary N) is 1. The number of aliphatic carboxylic acids is 1. The molecule has 10 nitrogen and oxygen atoms in total. The summed E-state index contributed by atoms with van der Waals surface area (Å²) in [5.41, 5.74) is 6.20. The molecule has 0 radical (unpaired) electrons. The van der Waals surface area contributed by atoms with Crippen LogP contribution in [0.1, 0.15) is 31.2 Å². The van der Waals surface area contributed by atoms with Crippen LogP contribution in [0.3, 0.4) is 0 Å². The van der Waals surface area contributed by atoms with E-state index in [0.717, 1.165) is 19.0 Å². The van der Waals surface area contributed by atoms with Gasteiger partial charge in [-0.3, -0.25) is 14.9 Å². The number of carboxylic acids is 1. The molecule has 1 atom stereocenters. The van der Waals surface area contributed by atoms with Gasteiger partial charge in [0, 0.05) is 24.5 Å². The quantitative estimate of drug-likeness (QED) is 0.395. The third-order valence-corrected chi connectivity index (χ3v) is 5.66. The Balaban J connectivity index is 1.62. The van der Waals surface area contributed by atoms with Crippen LogP contribution in [-0.2, 0) is 16.0 Å². The van der Waals surface area contributed by atoms with Gasteiger partial charge < -0.3 is 20.9 Å². The molecule has 1 saturated carbocycles. The number of hydrogen-bond acceptors (Lipinski definition) is 7. The Morgan fingerprint density at radius 2 is 2.00 bits per heavy atom. The summed E-state index contributed by atoms with van der Waals surface area (Å²) in [4.78, 5) is 38.4. The zero-order valence-electron chi connectivity index (χ0n) is 17.5. The van der Waals surface area contributed by atoms with E-state index < -0.39 is 16.9 Å². The van der Waals surface area contributed by atoms with Gasteiger partial charge in [-0.15, -0.1) is 0 Å². The van der Waals surface area contributed by atoms with Crippen molar-refractivity contribution in [3.63, 3.8) is 0 Å². The third kappa shape index (κ3) is 6.24. The molecule has 1 aromatic heterocycles. The molecule has 4 N–H and O–H groups in total. The van der Waals surface area contributed by atoms with Crippen molar-refractivity contribution in [2.75, 3.05) is 6.54 Å². The van der Waals surface area contributed by atoms with E-state index in [2.05, 4.69) is 10.3 Å². The van der Waals surface area contributed by atoms with Crippen molar-refractivity contribution in [3.8, 4) is 11.6 Å². The van der Waals surface area contributed by atoms with Gasteiger partial charge in [0.25, 0.3) is 5.69 Å². The summed E-state index contributed by atoms with van der Waals surface area (Å²) in [6, 6.07) is 8.35. The fraction of sp³-hybridized carbons (Fsp3) is 0.409. The first-order chi connectivity index (χ1) is 15.4. The third-order valence-electron chi connectivity index (χ3n) is 5.66. The number of carbonyl (C=O) groups is 2. The smallest absolute Gasteiger partial charge is 0.326 e. The van der Waals surface area contributed by atoms with E-state index in [1.54, 1.807) is 24.3 Å². The molecule has 0 unspecified atom stereocenters. The first kappa shape index (κ1) is 23.1. The van der Waals surface area contributed by atoms with Crippen LogP contribution >= 0.6 is 0 Å². The Morgan fingerprint density at radius 3 is 2.59 bits per heavy atom. The van der Waals surface area contributed by atoms with Crippen molar-refractivity contribution in [1.82, 2.24) is 10.3 Å². The van der Waals surface area contributed by atoms with Crippen molar-refractivity contribution in [1.29, 1.82) is 0 Å². The Kier molecular flexibility index (Phi) is 7.72. The van der Waals surface area contributed by atoms with E-state index in [4.69, 9.17) is 10.5 Å². The molecule has 1 aliphatic carbocycles. The van der Waals surface area contributed by atoms with Crippen molar-refractivity contribution >= 4 is 17.6 Å². The maximum absolute atomic E-state index is 12.6. The van der Waals surface area contributed by atoms with Crippen LogP contribution in [0.5, 0.6) is 11.6 Å². The molecule has 0 spiro atoms. The van der Waals surface area contributed by atoms with Crippen molar-refractivity contribution < 1.29 is 24.4 Å². The molecular formula is C22H26N4O6. The van der Waals surface area contributed by atoms with Crippen LogP contribution in [0.15, 0.2) is 42.6 Å². The molecule has 0 saturated heterocycles. The Hall–Kier alpha value is -3.53. The van der Waals surface area contributed by atoms with Crippen molar-refractivity contribution in [2.45, 2.75) is 38.1 Å². The maximum atomic E-state index is 12.6. The van der Waals surface area contributed by atoms with Crippen LogP contribution in [0.2, 0.25) is 0 Å². The summed E-state index contributed by atoms with van der Waals surface area (Å²) in [5.74, 6) is -0.541. The number of nitrogens with two attached hydrogens (primary N) is 1. The van der Waals surface area contributed by atoms with E-state index in [1.807, 2.05) is 0 Å². The molecule has 10 heteroatoms. The van der Waals surface area contributed by atoms with Crippen LogP contribution < -0.4 is 15.8 Å². The number of pyridine rings is 1. The average Bonchev–Trinajstić information content (AvgIpc) is 2.79. The number of benzene rings is 1. The number of ether oxygens (including phenoxy) is 1. The molecule has 1 aliphatic rings. The molecule has 0 aliphatic heterocycles. The van der Waals surface area contributed by atoms with Gasteiger partial charge >= 0.3 is 5.97 Å². The molecule has 170 valence electrons. The molecule has 2 aromatic rings. The fourth-order valence-electron chi connectivity index (χ4n) is 3.78. The van der Waals surface area contributed by atoms with Crippen LogP contribution in [0.25, 0.3) is 0 Å². The second-order valence-corrected chi connectivity index (χ2v) is 7.92. The predicted octanol–water partition coefficient (Wildman–Crippen LogP) is 2.66. The highest BCUT2D eigenvalue weighted by molar-refractivity contribution is 5.85. The zero-order chi connectivity index (χ0) is 23.1. The minimum atomic E-state index is -1.11. The van der Waals surface area contributed by atoms with Gasteiger partial charge in [0.15, 0.2) is 0 Å². The van der Waals surface area contributed by atoms with Crippen LogP contribution in [0.4, 0.5) is 5.69 Å². The summed E-state index contributed by atoms with van der Waals surface area (Å²) in [6.45, 7) is 0.611. The number of carboxylic acid groups (broad SMARTS) is 1. The first-order valence-corrected chi connectivity index (χ1v) is 10.5. The number of rotatable bonds is 9. The highest BCUT2D eigenvalue weighted by Crippen LogP contribution is 2.28. The second kappa shape index (κ2) is 10.7. The highest BCUT2D eigenvalue weighted by atomic mass is 16.6. The second-order valence-electron chi connectivity index (χ2n) is 7.92. The lowest BCUT2D eigenvalue weighted by Gasteiger charge is -2.27. The molecule has 0 bridgehead atoms. The summed E-state index contributed by atoms with van der Waals surface area (Å²) >= 11 is 0. The lowest BCUT2D eigenvalue weighted by molar-refractivity contribution is -0.385. The number of hydrogen-bond donors (Lipinski definition) is 3. The predicted molar refractivity (Wildman–Crippen MR) is 115 cm³/mol.